The molecule has 0 aliphatic carbocycles. The fourth-order valence-electron chi connectivity index (χ4n) is 0.777. The molecule has 1 aromatic rings. The minimum absolute atomic E-state index is 0.0382. The number of primary amides is 1. The van der Waals surface area contributed by atoms with E-state index in [1.165, 1.54) is 12.3 Å². The second-order valence-electron chi connectivity index (χ2n) is 2.51. The van der Waals surface area contributed by atoms with Crippen LogP contribution in [0.2, 0.25) is 0 Å². The van der Waals surface area contributed by atoms with Crippen molar-refractivity contribution in [3.63, 3.8) is 0 Å². The molecule has 0 radical (unpaired) electrons. The van der Waals surface area contributed by atoms with Crippen LogP contribution in [-0.4, -0.2) is 25.6 Å². The third-order valence-corrected chi connectivity index (χ3v) is 2.52. The zero-order valence-electron chi connectivity index (χ0n) is 6.89. The topological polar surface area (TPSA) is 90.1 Å². The quantitative estimate of drug-likeness (QED) is 0.702. The second kappa shape index (κ2) is 3.14. The van der Waals surface area contributed by atoms with Gasteiger partial charge < -0.3 is 5.73 Å². The van der Waals surface area contributed by atoms with E-state index < -0.39 is 15.7 Å². The van der Waals surface area contributed by atoms with E-state index in [1.54, 1.807) is 0 Å². The maximum Gasteiger partial charge on any atom is 0.267 e. The number of carbonyl (C=O) groups excluding carboxylic acids is 1. The summed E-state index contributed by atoms with van der Waals surface area (Å²) in [5.41, 5.74) is 4.88. The molecule has 0 atom stereocenters. The molecule has 0 unspecified atom stereocenters. The van der Waals surface area contributed by atoms with Crippen molar-refractivity contribution in [3.05, 3.63) is 24.0 Å². The first-order chi connectivity index (χ1) is 5.91. The lowest BCUT2D eigenvalue weighted by atomic mass is 10.3. The van der Waals surface area contributed by atoms with Gasteiger partial charge in [-0.15, -0.1) is 0 Å². The van der Waals surface area contributed by atoms with Crippen LogP contribution in [0, 0.1) is 0 Å². The van der Waals surface area contributed by atoms with Crippen LogP contribution in [0.4, 0.5) is 0 Å². The van der Waals surface area contributed by atoms with Gasteiger partial charge in [0, 0.05) is 12.5 Å². The second-order valence-corrected chi connectivity index (χ2v) is 4.53. The first-order valence-electron chi connectivity index (χ1n) is 3.37. The fraction of sp³-hybridized carbons (Fsp3) is 0.143. The Kier molecular flexibility index (Phi) is 2.33. The number of sulfone groups is 1. The molecule has 0 bridgehead atoms. The van der Waals surface area contributed by atoms with Crippen molar-refractivity contribution in [2.45, 2.75) is 4.90 Å². The van der Waals surface area contributed by atoms with Crippen molar-refractivity contribution in [3.8, 4) is 0 Å². The zero-order valence-corrected chi connectivity index (χ0v) is 7.71. The molecule has 6 heteroatoms. The van der Waals surface area contributed by atoms with E-state index >= 15 is 0 Å². The molecule has 1 aromatic heterocycles. The third-order valence-electron chi connectivity index (χ3n) is 1.41. The maximum absolute atomic E-state index is 11.0. The van der Waals surface area contributed by atoms with E-state index in [0.717, 1.165) is 12.3 Å². The highest BCUT2D eigenvalue weighted by Crippen LogP contribution is 2.08. The molecule has 0 aliphatic rings. The molecular formula is C7H8N2O3S. The number of pyridine rings is 1. The number of nitrogens with zero attached hydrogens (tertiary/aromatic N) is 1. The molecule has 70 valence electrons. The Hall–Kier alpha value is -1.43. The van der Waals surface area contributed by atoms with Crippen molar-refractivity contribution in [2.75, 3.05) is 6.26 Å². The van der Waals surface area contributed by atoms with Gasteiger partial charge in [-0.3, -0.25) is 9.78 Å². The van der Waals surface area contributed by atoms with Crippen LogP contribution < -0.4 is 5.73 Å². The van der Waals surface area contributed by atoms with E-state index in [9.17, 15) is 13.2 Å². The number of rotatable bonds is 2. The van der Waals surface area contributed by atoms with Gasteiger partial charge in [-0.05, 0) is 12.1 Å². The van der Waals surface area contributed by atoms with Crippen LogP contribution in [-0.2, 0) is 9.84 Å². The third kappa shape index (κ3) is 2.25. The predicted octanol–water partition coefficient (Wildman–Crippen LogP) is -0.416. The Labute approximate surface area is 75.5 Å². The number of carbonyl (C=O) groups is 1. The highest BCUT2D eigenvalue weighted by molar-refractivity contribution is 7.90. The summed E-state index contributed by atoms with van der Waals surface area (Å²) in [4.78, 5) is 14.3. The largest absolute Gasteiger partial charge is 0.364 e. The summed E-state index contributed by atoms with van der Waals surface area (Å²) in [6.45, 7) is 0. The van der Waals surface area contributed by atoms with Crippen LogP contribution in [0.15, 0.2) is 23.2 Å². The Morgan fingerprint density at radius 2 is 2.15 bits per heavy atom. The highest BCUT2D eigenvalue weighted by atomic mass is 32.2. The molecule has 0 aromatic carbocycles. The van der Waals surface area contributed by atoms with Crippen molar-refractivity contribution in [2.24, 2.45) is 5.73 Å². The van der Waals surface area contributed by atoms with E-state index in [0.29, 0.717) is 0 Å². The Bertz CT molecular complexity index is 439. The van der Waals surface area contributed by atoms with Gasteiger partial charge in [0.25, 0.3) is 5.91 Å². The first-order valence-corrected chi connectivity index (χ1v) is 5.26. The smallest absolute Gasteiger partial charge is 0.267 e. The number of nitrogens with two attached hydrogens (primary N) is 1. The highest BCUT2D eigenvalue weighted by Gasteiger charge is 2.10. The minimum Gasteiger partial charge on any atom is -0.364 e. The summed E-state index contributed by atoms with van der Waals surface area (Å²) >= 11 is 0. The number of aromatic nitrogens is 1. The molecule has 0 spiro atoms. The lowest BCUT2D eigenvalue weighted by Crippen LogP contribution is -2.13. The van der Waals surface area contributed by atoms with Gasteiger partial charge in [-0.2, -0.15) is 0 Å². The maximum atomic E-state index is 11.0. The average molecular weight is 200 g/mol. The summed E-state index contributed by atoms with van der Waals surface area (Å²) in [5.74, 6) is -0.745. The lowest BCUT2D eigenvalue weighted by molar-refractivity contribution is 0.0995. The number of amides is 1. The summed E-state index contributed by atoms with van der Waals surface area (Å²) in [7, 11) is -3.31. The molecule has 0 aliphatic heterocycles. The number of hydrogen-bond acceptors (Lipinski definition) is 4. The van der Waals surface area contributed by atoms with Crippen LogP contribution in [0.5, 0.6) is 0 Å². The van der Waals surface area contributed by atoms with Crippen molar-refractivity contribution in [1.82, 2.24) is 4.98 Å². The van der Waals surface area contributed by atoms with Gasteiger partial charge in [-0.1, -0.05) is 0 Å². The molecule has 0 saturated carbocycles. The Morgan fingerprint density at radius 1 is 1.54 bits per heavy atom. The summed E-state index contributed by atoms with van der Waals surface area (Å²) in [6, 6.07) is 2.46. The Morgan fingerprint density at radius 3 is 2.62 bits per heavy atom. The van der Waals surface area contributed by atoms with Crippen LogP contribution in [0.3, 0.4) is 0 Å². The van der Waals surface area contributed by atoms with Gasteiger partial charge in [0.05, 0.1) is 4.90 Å². The van der Waals surface area contributed by atoms with Crippen LogP contribution in [0.25, 0.3) is 0 Å². The summed E-state index contributed by atoms with van der Waals surface area (Å²) < 4.78 is 22.1. The van der Waals surface area contributed by atoms with Gasteiger partial charge in [0.1, 0.15) is 5.69 Å². The summed E-state index contributed by atoms with van der Waals surface area (Å²) in [6.07, 6.45) is 2.28. The summed E-state index contributed by atoms with van der Waals surface area (Å²) in [5, 5.41) is 0. The fourth-order valence-corrected chi connectivity index (χ4v) is 1.41. The average Bonchev–Trinajstić information content (AvgIpc) is 2.03. The van der Waals surface area contributed by atoms with Gasteiger partial charge in [-0.25, -0.2) is 8.42 Å². The van der Waals surface area contributed by atoms with E-state index in [-0.39, 0.29) is 10.6 Å². The monoisotopic (exact) mass is 200 g/mol. The molecule has 2 N–H and O–H groups in total. The molecule has 0 saturated heterocycles. The van der Waals surface area contributed by atoms with E-state index in [1.807, 2.05) is 0 Å². The predicted molar refractivity (Wildman–Crippen MR) is 45.9 cm³/mol. The van der Waals surface area contributed by atoms with Gasteiger partial charge >= 0.3 is 0 Å². The Balaban J connectivity index is 3.29. The molecule has 1 amide bonds. The van der Waals surface area contributed by atoms with Crippen molar-refractivity contribution >= 4 is 15.7 Å². The molecule has 1 heterocycles. The zero-order chi connectivity index (χ0) is 10.1. The molecule has 13 heavy (non-hydrogen) atoms. The minimum atomic E-state index is -3.31. The van der Waals surface area contributed by atoms with Crippen molar-refractivity contribution in [1.29, 1.82) is 0 Å². The normalized spacial score (nSPS) is 11.2. The molecule has 0 fully saturated rings. The van der Waals surface area contributed by atoms with Gasteiger partial charge in [0.15, 0.2) is 9.84 Å². The lowest BCUT2D eigenvalue weighted by Gasteiger charge is -1.98. The first kappa shape index (κ1) is 9.66. The SMILES string of the molecule is CS(=O)(=O)c1ccnc(C(N)=O)c1. The van der Waals surface area contributed by atoms with E-state index in [4.69, 9.17) is 5.73 Å². The molecule has 5 nitrogen and oxygen atoms in total. The van der Waals surface area contributed by atoms with Crippen LogP contribution >= 0.6 is 0 Å². The van der Waals surface area contributed by atoms with Crippen LogP contribution in [0.1, 0.15) is 10.5 Å². The molecule has 1 rings (SSSR count). The number of hydrogen-bond donors (Lipinski definition) is 1. The van der Waals surface area contributed by atoms with Crippen molar-refractivity contribution < 1.29 is 13.2 Å². The van der Waals surface area contributed by atoms with Gasteiger partial charge in [0.2, 0.25) is 0 Å². The van der Waals surface area contributed by atoms with E-state index in [2.05, 4.69) is 4.98 Å². The standard InChI is InChI=1S/C7H8N2O3S/c1-13(11,12)5-2-3-9-6(4-5)7(8)10/h2-4H,1H3,(H2,8,10). The molecular weight excluding hydrogens is 192 g/mol.